The Morgan fingerprint density at radius 3 is 2.70 bits per heavy atom. The summed E-state index contributed by atoms with van der Waals surface area (Å²) in [6.07, 6.45) is 4.72. The molecule has 0 atom stereocenters. The molecular weight excluding hydrogens is 248 g/mol. The van der Waals surface area contributed by atoms with E-state index in [1.165, 1.54) is 11.1 Å². The summed E-state index contributed by atoms with van der Waals surface area (Å²) < 4.78 is 5.94. The van der Waals surface area contributed by atoms with Gasteiger partial charge in [0.2, 0.25) is 0 Å². The van der Waals surface area contributed by atoms with Crippen molar-refractivity contribution in [2.45, 2.75) is 33.4 Å². The van der Waals surface area contributed by atoms with Gasteiger partial charge in [-0.2, -0.15) is 0 Å². The van der Waals surface area contributed by atoms with E-state index in [4.69, 9.17) is 4.74 Å². The molecule has 0 amide bonds. The lowest BCUT2D eigenvalue weighted by Gasteiger charge is -2.13. The monoisotopic (exact) mass is 270 g/mol. The van der Waals surface area contributed by atoms with Crippen LogP contribution in [-0.2, 0) is 13.2 Å². The van der Waals surface area contributed by atoms with Crippen LogP contribution < -0.4 is 10.1 Å². The van der Waals surface area contributed by atoms with E-state index in [1.54, 1.807) is 12.4 Å². The molecule has 0 spiro atoms. The Bertz CT molecular complexity index is 526. The van der Waals surface area contributed by atoms with Gasteiger partial charge in [-0.3, -0.25) is 4.98 Å². The molecule has 0 aliphatic rings. The number of aryl methyl sites for hydroxylation is 1. The number of nitrogens with one attached hydrogen (secondary N) is 1. The average Bonchev–Trinajstić information content (AvgIpc) is 2.48. The van der Waals surface area contributed by atoms with E-state index in [0.29, 0.717) is 6.61 Å². The molecule has 0 saturated heterocycles. The predicted molar refractivity (Wildman–Crippen MR) is 81.7 cm³/mol. The van der Waals surface area contributed by atoms with E-state index >= 15 is 0 Å². The average molecular weight is 270 g/mol. The zero-order chi connectivity index (χ0) is 14.2. The predicted octanol–water partition coefficient (Wildman–Crippen LogP) is 3.47. The van der Waals surface area contributed by atoms with E-state index in [0.717, 1.165) is 30.8 Å². The van der Waals surface area contributed by atoms with Crippen LogP contribution in [0.4, 0.5) is 0 Å². The van der Waals surface area contributed by atoms with Crippen LogP contribution >= 0.6 is 0 Å². The highest BCUT2D eigenvalue weighted by Crippen LogP contribution is 2.21. The minimum absolute atomic E-state index is 0.576. The van der Waals surface area contributed by atoms with Gasteiger partial charge >= 0.3 is 0 Å². The molecule has 1 aromatic heterocycles. The number of aromatic nitrogens is 1. The summed E-state index contributed by atoms with van der Waals surface area (Å²) in [5.41, 5.74) is 3.61. The highest BCUT2D eigenvalue weighted by Gasteiger charge is 2.04. The summed E-state index contributed by atoms with van der Waals surface area (Å²) in [6.45, 7) is 6.73. The van der Waals surface area contributed by atoms with Crippen LogP contribution in [0.1, 0.15) is 30.0 Å². The van der Waals surface area contributed by atoms with Gasteiger partial charge in [0.05, 0.1) is 0 Å². The van der Waals surface area contributed by atoms with Gasteiger partial charge < -0.3 is 10.1 Å². The second-order valence-corrected chi connectivity index (χ2v) is 4.93. The Kier molecular flexibility index (Phi) is 5.56. The van der Waals surface area contributed by atoms with Crippen LogP contribution in [0.5, 0.6) is 5.75 Å². The summed E-state index contributed by atoms with van der Waals surface area (Å²) >= 11 is 0. The lowest BCUT2D eigenvalue weighted by Crippen LogP contribution is -2.14. The second-order valence-electron chi connectivity index (χ2n) is 4.93. The Labute approximate surface area is 121 Å². The molecule has 0 aliphatic carbocycles. The number of benzene rings is 1. The van der Waals surface area contributed by atoms with Gasteiger partial charge in [-0.05, 0) is 43.7 Å². The third-order valence-corrected chi connectivity index (χ3v) is 3.10. The van der Waals surface area contributed by atoms with Gasteiger partial charge in [0.1, 0.15) is 12.4 Å². The Morgan fingerprint density at radius 2 is 1.95 bits per heavy atom. The number of hydrogen-bond acceptors (Lipinski definition) is 3. The smallest absolute Gasteiger partial charge is 0.124 e. The SMILES string of the molecule is CCCNCc1cc(C)ccc1OCc1ccncc1. The Hall–Kier alpha value is -1.87. The van der Waals surface area contributed by atoms with Crippen LogP contribution in [0.2, 0.25) is 0 Å². The lowest BCUT2D eigenvalue weighted by molar-refractivity contribution is 0.302. The fraction of sp³-hybridized carbons (Fsp3) is 0.353. The number of rotatable bonds is 7. The van der Waals surface area contributed by atoms with Crippen molar-refractivity contribution >= 4 is 0 Å². The lowest BCUT2D eigenvalue weighted by atomic mass is 10.1. The molecular formula is C17H22N2O. The number of ether oxygens (including phenoxy) is 1. The maximum atomic E-state index is 5.94. The van der Waals surface area contributed by atoms with Crippen molar-refractivity contribution < 1.29 is 4.74 Å². The minimum atomic E-state index is 0.576. The summed E-state index contributed by atoms with van der Waals surface area (Å²) in [6, 6.07) is 10.3. The van der Waals surface area contributed by atoms with Crippen molar-refractivity contribution in [3.8, 4) is 5.75 Å². The van der Waals surface area contributed by atoms with Crippen molar-refractivity contribution in [1.82, 2.24) is 10.3 Å². The first-order chi connectivity index (χ1) is 9.79. The van der Waals surface area contributed by atoms with Crippen molar-refractivity contribution in [1.29, 1.82) is 0 Å². The molecule has 1 aromatic carbocycles. The first-order valence-electron chi connectivity index (χ1n) is 7.11. The number of nitrogens with zero attached hydrogens (tertiary/aromatic N) is 1. The molecule has 1 heterocycles. The first-order valence-corrected chi connectivity index (χ1v) is 7.11. The van der Waals surface area contributed by atoms with Crippen molar-refractivity contribution in [3.05, 3.63) is 59.4 Å². The van der Waals surface area contributed by atoms with Gasteiger partial charge in [0, 0.05) is 24.5 Å². The van der Waals surface area contributed by atoms with Gasteiger partial charge in [0.25, 0.3) is 0 Å². The van der Waals surface area contributed by atoms with Gasteiger partial charge in [-0.15, -0.1) is 0 Å². The molecule has 0 unspecified atom stereocenters. The van der Waals surface area contributed by atoms with Crippen molar-refractivity contribution in [2.24, 2.45) is 0 Å². The third kappa shape index (κ3) is 4.35. The quantitative estimate of drug-likeness (QED) is 0.782. The molecule has 2 aromatic rings. The minimum Gasteiger partial charge on any atom is -0.489 e. The zero-order valence-corrected chi connectivity index (χ0v) is 12.2. The van der Waals surface area contributed by atoms with E-state index in [2.05, 4.69) is 42.3 Å². The molecule has 106 valence electrons. The number of hydrogen-bond donors (Lipinski definition) is 1. The summed E-state index contributed by atoms with van der Waals surface area (Å²) in [7, 11) is 0. The molecule has 0 saturated carbocycles. The second kappa shape index (κ2) is 7.65. The fourth-order valence-corrected chi connectivity index (χ4v) is 2.03. The standard InChI is InChI=1S/C17H22N2O/c1-3-8-19-12-16-11-14(2)4-5-17(16)20-13-15-6-9-18-10-7-15/h4-7,9-11,19H,3,8,12-13H2,1-2H3. The van der Waals surface area contributed by atoms with E-state index in [9.17, 15) is 0 Å². The molecule has 1 N–H and O–H groups in total. The molecule has 20 heavy (non-hydrogen) atoms. The normalized spacial score (nSPS) is 10.5. The molecule has 2 rings (SSSR count). The molecule has 3 nitrogen and oxygen atoms in total. The van der Waals surface area contributed by atoms with Crippen LogP contribution in [0.25, 0.3) is 0 Å². The maximum Gasteiger partial charge on any atom is 0.124 e. The van der Waals surface area contributed by atoms with Gasteiger partial charge in [-0.25, -0.2) is 0 Å². The largest absolute Gasteiger partial charge is 0.489 e. The highest BCUT2D eigenvalue weighted by molar-refractivity contribution is 5.37. The topological polar surface area (TPSA) is 34.1 Å². The van der Waals surface area contributed by atoms with Gasteiger partial charge in [0.15, 0.2) is 0 Å². The first kappa shape index (κ1) is 14.5. The Balaban J connectivity index is 2.02. The number of pyridine rings is 1. The summed E-state index contributed by atoms with van der Waals surface area (Å²) in [5.74, 6) is 0.955. The highest BCUT2D eigenvalue weighted by atomic mass is 16.5. The van der Waals surface area contributed by atoms with Gasteiger partial charge in [-0.1, -0.05) is 24.6 Å². The zero-order valence-electron chi connectivity index (χ0n) is 12.2. The molecule has 3 heteroatoms. The maximum absolute atomic E-state index is 5.94. The van der Waals surface area contributed by atoms with E-state index in [-0.39, 0.29) is 0 Å². The molecule has 0 bridgehead atoms. The van der Waals surface area contributed by atoms with Crippen LogP contribution in [-0.4, -0.2) is 11.5 Å². The molecule has 0 fully saturated rings. The van der Waals surface area contributed by atoms with Crippen molar-refractivity contribution in [2.75, 3.05) is 6.54 Å². The summed E-state index contributed by atoms with van der Waals surface area (Å²) in [4.78, 5) is 4.01. The molecule has 0 aliphatic heterocycles. The Morgan fingerprint density at radius 1 is 1.15 bits per heavy atom. The van der Waals surface area contributed by atoms with Crippen molar-refractivity contribution in [3.63, 3.8) is 0 Å². The third-order valence-electron chi connectivity index (χ3n) is 3.10. The fourth-order valence-electron chi connectivity index (χ4n) is 2.03. The van der Waals surface area contributed by atoms with Crippen LogP contribution in [0, 0.1) is 6.92 Å². The van der Waals surface area contributed by atoms with Crippen LogP contribution in [0.3, 0.4) is 0 Å². The van der Waals surface area contributed by atoms with E-state index < -0.39 is 0 Å². The van der Waals surface area contributed by atoms with E-state index in [1.807, 2.05) is 12.1 Å². The summed E-state index contributed by atoms with van der Waals surface area (Å²) in [5, 5.41) is 3.43. The molecule has 0 radical (unpaired) electrons. The van der Waals surface area contributed by atoms with Crippen LogP contribution in [0.15, 0.2) is 42.7 Å².